The summed E-state index contributed by atoms with van der Waals surface area (Å²) in [6.45, 7) is 6.22. The van der Waals surface area contributed by atoms with Crippen molar-refractivity contribution in [1.29, 1.82) is 0 Å². The second-order valence-electron chi connectivity index (χ2n) is 5.27. The normalized spacial score (nSPS) is 17.6. The van der Waals surface area contributed by atoms with Crippen molar-refractivity contribution in [2.75, 3.05) is 26.2 Å². The Morgan fingerprint density at radius 1 is 1.21 bits per heavy atom. The first-order valence-electron chi connectivity index (χ1n) is 7.43. The molecular weight excluding hydrogens is 238 g/mol. The van der Waals surface area contributed by atoms with Crippen LogP contribution in [0, 0.1) is 0 Å². The van der Waals surface area contributed by atoms with E-state index in [0.717, 1.165) is 37.3 Å². The summed E-state index contributed by atoms with van der Waals surface area (Å²) < 4.78 is 5.54. The Bertz CT molecular complexity index is 358. The van der Waals surface area contributed by atoms with E-state index >= 15 is 0 Å². The van der Waals surface area contributed by atoms with Gasteiger partial charge in [-0.05, 0) is 56.5 Å². The van der Waals surface area contributed by atoms with Crippen LogP contribution in [0.2, 0.25) is 0 Å². The third kappa shape index (κ3) is 4.51. The molecule has 1 unspecified atom stereocenters. The first-order chi connectivity index (χ1) is 9.29. The minimum absolute atomic E-state index is 0.360. The van der Waals surface area contributed by atoms with Crippen molar-refractivity contribution in [3.05, 3.63) is 29.8 Å². The Hall–Kier alpha value is -1.06. The molecule has 2 rings (SSSR count). The van der Waals surface area contributed by atoms with Gasteiger partial charge in [0.2, 0.25) is 0 Å². The van der Waals surface area contributed by atoms with Gasteiger partial charge in [0.1, 0.15) is 5.75 Å². The van der Waals surface area contributed by atoms with E-state index in [4.69, 9.17) is 4.74 Å². The molecule has 1 aromatic rings. The van der Waals surface area contributed by atoms with Crippen LogP contribution in [0.4, 0.5) is 0 Å². The van der Waals surface area contributed by atoms with E-state index in [9.17, 15) is 5.11 Å². The highest BCUT2D eigenvalue weighted by atomic mass is 16.5. The van der Waals surface area contributed by atoms with Crippen LogP contribution in [-0.4, -0.2) is 36.2 Å². The fourth-order valence-electron chi connectivity index (χ4n) is 2.48. The van der Waals surface area contributed by atoms with Gasteiger partial charge in [-0.15, -0.1) is 0 Å². The van der Waals surface area contributed by atoms with E-state index in [1.807, 2.05) is 24.3 Å². The zero-order valence-corrected chi connectivity index (χ0v) is 11.8. The third-order valence-corrected chi connectivity index (χ3v) is 3.66. The number of hydrogen-bond donors (Lipinski definition) is 1. The van der Waals surface area contributed by atoms with Crippen molar-refractivity contribution < 1.29 is 9.84 Å². The van der Waals surface area contributed by atoms with Gasteiger partial charge in [-0.3, -0.25) is 0 Å². The molecule has 3 nitrogen and oxygen atoms in total. The van der Waals surface area contributed by atoms with Crippen LogP contribution in [0.5, 0.6) is 5.75 Å². The van der Waals surface area contributed by atoms with E-state index in [-0.39, 0.29) is 6.10 Å². The minimum atomic E-state index is -0.360. The lowest BCUT2D eigenvalue weighted by Gasteiger charge is -2.17. The molecule has 106 valence electrons. The molecule has 0 saturated carbocycles. The van der Waals surface area contributed by atoms with Crippen molar-refractivity contribution in [3.63, 3.8) is 0 Å². The van der Waals surface area contributed by atoms with Gasteiger partial charge >= 0.3 is 0 Å². The maximum absolute atomic E-state index is 10.2. The van der Waals surface area contributed by atoms with Gasteiger partial charge < -0.3 is 14.7 Å². The summed E-state index contributed by atoms with van der Waals surface area (Å²) in [7, 11) is 0. The van der Waals surface area contributed by atoms with Gasteiger partial charge in [0.05, 0.1) is 12.7 Å². The molecule has 1 aliphatic rings. The van der Waals surface area contributed by atoms with Crippen LogP contribution >= 0.6 is 0 Å². The predicted octanol–water partition coefficient (Wildman–Crippen LogP) is 2.99. The van der Waals surface area contributed by atoms with Crippen LogP contribution in [0.1, 0.15) is 44.3 Å². The first kappa shape index (κ1) is 14.4. The highest BCUT2D eigenvalue weighted by Gasteiger charge is 2.14. The van der Waals surface area contributed by atoms with Gasteiger partial charge in [0.25, 0.3) is 0 Å². The summed E-state index contributed by atoms with van der Waals surface area (Å²) in [4.78, 5) is 2.43. The molecule has 1 atom stereocenters. The van der Waals surface area contributed by atoms with Crippen LogP contribution in [-0.2, 0) is 0 Å². The molecule has 0 bridgehead atoms. The van der Waals surface area contributed by atoms with Crippen molar-refractivity contribution in [1.82, 2.24) is 4.90 Å². The maximum Gasteiger partial charge on any atom is 0.119 e. The molecule has 1 aliphatic heterocycles. The predicted molar refractivity (Wildman–Crippen MR) is 77.5 cm³/mol. The maximum atomic E-state index is 10.2. The average Bonchev–Trinajstić information content (AvgIpc) is 2.96. The summed E-state index contributed by atoms with van der Waals surface area (Å²) >= 11 is 0. The standard InChI is InChI=1S/C16H25NO2/c1-2-13-19-15-7-5-14(6-8-15)16(18)9-12-17-10-3-4-11-17/h5-8,16,18H,2-4,9-13H2,1H3. The number of aliphatic hydroxyl groups excluding tert-OH is 1. The van der Waals surface area contributed by atoms with Gasteiger partial charge in [-0.2, -0.15) is 0 Å². The fourth-order valence-corrected chi connectivity index (χ4v) is 2.48. The van der Waals surface area contributed by atoms with Gasteiger partial charge in [-0.1, -0.05) is 19.1 Å². The van der Waals surface area contributed by atoms with E-state index in [0.29, 0.717) is 0 Å². The molecule has 0 aromatic heterocycles. The molecular formula is C16H25NO2. The lowest BCUT2D eigenvalue weighted by atomic mass is 10.1. The van der Waals surface area contributed by atoms with Crippen molar-refractivity contribution >= 4 is 0 Å². The fraction of sp³-hybridized carbons (Fsp3) is 0.625. The topological polar surface area (TPSA) is 32.7 Å². The average molecular weight is 263 g/mol. The molecule has 1 fully saturated rings. The van der Waals surface area contributed by atoms with Gasteiger partial charge in [0, 0.05) is 6.54 Å². The molecule has 0 aliphatic carbocycles. The van der Waals surface area contributed by atoms with Crippen LogP contribution in [0.15, 0.2) is 24.3 Å². The molecule has 19 heavy (non-hydrogen) atoms. The zero-order valence-electron chi connectivity index (χ0n) is 11.8. The smallest absolute Gasteiger partial charge is 0.119 e. The SMILES string of the molecule is CCCOc1ccc(C(O)CCN2CCCC2)cc1. The van der Waals surface area contributed by atoms with Crippen molar-refractivity contribution in [2.45, 2.75) is 38.7 Å². The van der Waals surface area contributed by atoms with Crippen LogP contribution in [0.3, 0.4) is 0 Å². The highest BCUT2D eigenvalue weighted by molar-refractivity contribution is 5.28. The Balaban J connectivity index is 1.79. The number of benzene rings is 1. The molecule has 0 amide bonds. The highest BCUT2D eigenvalue weighted by Crippen LogP contribution is 2.21. The van der Waals surface area contributed by atoms with E-state index in [1.165, 1.54) is 25.9 Å². The number of rotatable bonds is 7. The number of ether oxygens (including phenoxy) is 1. The lowest BCUT2D eigenvalue weighted by molar-refractivity contribution is 0.149. The summed E-state index contributed by atoms with van der Waals surface area (Å²) in [5.74, 6) is 0.886. The first-order valence-corrected chi connectivity index (χ1v) is 7.43. The Morgan fingerprint density at radius 3 is 2.53 bits per heavy atom. The van der Waals surface area contributed by atoms with Crippen LogP contribution in [0.25, 0.3) is 0 Å². The second kappa shape index (κ2) is 7.51. The number of nitrogens with zero attached hydrogens (tertiary/aromatic N) is 1. The molecule has 1 N–H and O–H groups in total. The minimum Gasteiger partial charge on any atom is -0.494 e. The largest absolute Gasteiger partial charge is 0.494 e. The molecule has 1 saturated heterocycles. The van der Waals surface area contributed by atoms with Crippen molar-refractivity contribution in [2.24, 2.45) is 0 Å². The van der Waals surface area contributed by atoms with E-state index in [1.54, 1.807) is 0 Å². The molecule has 1 aromatic carbocycles. The summed E-state index contributed by atoms with van der Waals surface area (Å²) in [6, 6.07) is 7.84. The molecule has 1 heterocycles. The second-order valence-corrected chi connectivity index (χ2v) is 5.27. The Kier molecular flexibility index (Phi) is 5.67. The van der Waals surface area contributed by atoms with Crippen molar-refractivity contribution in [3.8, 4) is 5.75 Å². The molecule has 0 spiro atoms. The summed E-state index contributed by atoms with van der Waals surface area (Å²) in [5.41, 5.74) is 0.989. The van der Waals surface area contributed by atoms with Gasteiger partial charge in [-0.25, -0.2) is 0 Å². The third-order valence-electron chi connectivity index (χ3n) is 3.66. The number of aliphatic hydroxyl groups is 1. The quantitative estimate of drug-likeness (QED) is 0.821. The molecule has 0 radical (unpaired) electrons. The van der Waals surface area contributed by atoms with Crippen LogP contribution < -0.4 is 4.74 Å². The number of likely N-dealkylation sites (tertiary alicyclic amines) is 1. The summed E-state index contributed by atoms with van der Waals surface area (Å²) in [5, 5.41) is 10.2. The Morgan fingerprint density at radius 2 is 1.89 bits per heavy atom. The van der Waals surface area contributed by atoms with Gasteiger partial charge in [0.15, 0.2) is 0 Å². The van der Waals surface area contributed by atoms with E-state index < -0.39 is 0 Å². The number of hydrogen-bond acceptors (Lipinski definition) is 3. The monoisotopic (exact) mass is 263 g/mol. The lowest BCUT2D eigenvalue weighted by Crippen LogP contribution is -2.22. The molecule has 3 heteroatoms. The Labute approximate surface area is 116 Å². The summed E-state index contributed by atoms with van der Waals surface area (Å²) in [6.07, 6.45) is 4.08. The van der Waals surface area contributed by atoms with E-state index in [2.05, 4.69) is 11.8 Å². The zero-order chi connectivity index (χ0) is 13.5.